The van der Waals surface area contributed by atoms with Crippen LogP contribution in [0.3, 0.4) is 0 Å². The highest BCUT2D eigenvalue weighted by atomic mass is 19.1. The van der Waals surface area contributed by atoms with E-state index in [1.807, 2.05) is 18.2 Å². The lowest BCUT2D eigenvalue weighted by Crippen LogP contribution is -2.39. The second-order valence-electron chi connectivity index (χ2n) is 4.19. The van der Waals surface area contributed by atoms with Gasteiger partial charge in [-0.15, -0.1) is 0 Å². The average molecular weight is 243 g/mol. The van der Waals surface area contributed by atoms with Crippen molar-refractivity contribution >= 4 is 5.91 Å². The molecule has 0 aliphatic carbocycles. The molecule has 1 atom stereocenters. The molecule has 18 heavy (non-hydrogen) atoms. The summed E-state index contributed by atoms with van der Waals surface area (Å²) >= 11 is 0. The van der Waals surface area contributed by atoms with Gasteiger partial charge in [0, 0.05) is 6.42 Å². The van der Waals surface area contributed by atoms with Gasteiger partial charge in [0.2, 0.25) is 5.67 Å². The molecule has 3 heteroatoms. The average Bonchev–Trinajstić information content (AvgIpc) is 2.40. The van der Waals surface area contributed by atoms with Crippen LogP contribution in [0, 0.1) is 0 Å². The molecule has 0 radical (unpaired) electrons. The number of hydrogen-bond donors (Lipinski definition) is 1. The van der Waals surface area contributed by atoms with E-state index in [9.17, 15) is 9.18 Å². The van der Waals surface area contributed by atoms with E-state index in [-0.39, 0.29) is 6.42 Å². The van der Waals surface area contributed by atoms with Crippen molar-refractivity contribution < 1.29 is 9.18 Å². The minimum Gasteiger partial charge on any atom is -0.367 e. The Bertz CT molecular complexity index is 527. The standard InChI is InChI=1S/C15H14FNO/c16-15(14(17)18,13-9-5-2-6-10-13)11-12-7-3-1-4-8-12/h1-10H,11H2,(H2,17,18). The van der Waals surface area contributed by atoms with Crippen molar-refractivity contribution in [3.8, 4) is 0 Å². The quantitative estimate of drug-likeness (QED) is 0.881. The molecular formula is C15H14FNO. The van der Waals surface area contributed by atoms with E-state index < -0.39 is 11.6 Å². The fourth-order valence-electron chi connectivity index (χ4n) is 1.91. The van der Waals surface area contributed by atoms with Gasteiger partial charge in [0.1, 0.15) is 0 Å². The lowest BCUT2D eigenvalue weighted by atomic mass is 9.88. The highest BCUT2D eigenvalue weighted by molar-refractivity contribution is 5.85. The van der Waals surface area contributed by atoms with Gasteiger partial charge in [-0.2, -0.15) is 0 Å². The monoisotopic (exact) mass is 243 g/mol. The van der Waals surface area contributed by atoms with Gasteiger partial charge in [0.15, 0.2) is 0 Å². The van der Waals surface area contributed by atoms with Crippen molar-refractivity contribution in [2.75, 3.05) is 0 Å². The van der Waals surface area contributed by atoms with Crippen LogP contribution < -0.4 is 5.73 Å². The molecule has 0 aliphatic rings. The van der Waals surface area contributed by atoms with Crippen LogP contribution in [0.4, 0.5) is 4.39 Å². The van der Waals surface area contributed by atoms with Gasteiger partial charge in [-0.05, 0) is 11.1 Å². The molecule has 2 N–H and O–H groups in total. The van der Waals surface area contributed by atoms with Crippen molar-refractivity contribution in [1.82, 2.24) is 0 Å². The van der Waals surface area contributed by atoms with Gasteiger partial charge in [0.25, 0.3) is 5.91 Å². The lowest BCUT2D eigenvalue weighted by Gasteiger charge is -2.22. The van der Waals surface area contributed by atoms with Gasteiger partial charge in [-0.1, -0.05) is 60.7 Å². The molecule has 0 aliphatic heterocycles. The Kier molecular flexibility index (Phi) is 3.42. The molecule has 2 rings (SSSR count). The van der Waals surface area contributed by atoms with E-state index in [1.54, 1.807) is 42.5 Å². The van der Waals surface area contributed by atoms with Crippen molar-refractivity contribution in [3.05, 3.63) is 71.8 Å². The number of alkyl halides is 1. The van der Waals surface area contributed by atoms with Crippen molar-refractivity contribution in [2.24, 2.45) is 5.73 Å². The van der Waals surface area contributed by atoms with Gasteiger partial charge in [0.05, 0.1) is 0 Å². The summed E-state index contributed by atoms with van der Waals surface area (Å²) in [6.07, 6.45) is -0.0484. The summed E-state index contributed by atoms with van der Waals surface area (Å²) in [6.45, 7) is 0. The predicted molar refractivity (Wildman–Crippen MR) is 68.6 cm³/mol. The molecule has 0 bridgehead atoms. The molecule has 1 unspecified atom stereocenters. The predicted octanol–water partition coefficient (Wildman–Crippen LogP) is 2.58. The molecule has 0 saturated carbocycles. The maximum atomic E-state index is 14.9. The maximum absolute atomic E-state index is 14.9. The van der Waals surface area contributed by atoms with Crippen molar-refractivity contribution in [3.63, 3.8) is 0 Å². The smallest absolute Gasteiger partial charge is 0.260 e. The molecule has 0 fully saturated rings. The second kappa shape index (κ2) is 5.00. The minimum atomic E-state index is -2.16. The highest BCUT2D eigenvalue weighted by Gasteiger charge is 2.38. The number of halogens is 1. The molecule has 0 saturated heterocycles. The number of rotatable bonds is 4. The summed E-state index contributed by atoms with van der Waals surface area (Å²) in [6, 6.07) is 17.3. The molecular weight excluding hydrogens is 229 g/mol. The van der Waals surface area contributed by atoms with Gasteiger partial charge < -0.3 is 5.73 Å². The highest BCUT2D eigenvalue weighted by Crippen LogP contribution is 2.29. The Hall–Kier alpha value is -2.16. The SMILES string of the molecule is NC(=O)C(F)(Cc1ccccc1)c1ccccc1. The Labute approximate surface area is 105 Å². The van der Waals surface area contributed by atoms with E-state index in [4.69, 9.17) is 5.73 Å². The number of benzene rings is 2. The molecule has 2 nitrogen and oxygen atoms in total. The molecule has 0 spiro atoms. The molecule has 1 amide bonds. The fraction of sp³-hybridized carbons (Fsp3) is 0.133. The van der Waals surface area contributed by atoms with E-state index in [0.29, 0.717) is 5.56 Å². The zero-order valence-corrected chi connectivity index (χ0v) is 9.84. The van der Waals surface area contributed by atoms with E-state index in [0.717, 1.165) is 5.56 Å². The first-order valence-electron chi connectivity index (χ1n) is 5.71. The topological polar surface area (TPSA) is 43.1 Å². The zero-order chi connectivity index (χ0) is 13.0. The van der Waals surface area contributed by atoms with E-state index in [2.05, 4.69) is 0 Å². The summed E-state index contributed by atoms with van der Waals surface area (Å²) in [4.78, 5) is 11.5. The first-order valence-corrected chi connectivity index (χ1v) is 5.71. The van der Waals surface area contributed by atoms with E-state index in [1.165, 1.54) is 0 Å². The Morgan fingerprint density at radius 1 is 1.00 bits per heavy atom. The Balaban J connectivity index is 2.37. The van der Waals surface area contributed by atoms with Gasteiger partial charge in [-0.25, -0.2) is 4.39 Å². The number of nitrogens with two attached hydrogens (primary N) is 1. The van der Waals surface area contributed by atoms with Crippen LogP contribution in [0.25, 0.3) is 0 Å². The minimum absolute atomic E-state index is 0.0484. The summed E-state index contributed by atoms with van der Waals surface area (Å²) in [5.74, 6) is -0.961. The van der Waals surface area contributed by atoms with E-state index >= 15 is 0 Å². The number of amides is 1. The summed E-state index contributed by atoms with van der Waals surface area (Å²) in [5, 5.41) is 0. The summed E-state index contributed by atoms with van der Waals surface area (Å²) in [5.41, 5.74) is 4.10. The number of carbonyl (C=O) groups is 1. The summed E-state index contributed by atoms with van der Waals surface area (Å²) in [7, 11) is 0. The fourth-order valence-corrected chi connectivity index (χ4v) is 1.91. The largest absolute Gasteiger partial charge is 0.367 e. The zero-order valence-electron chi connectivity index (χ0n) is 9.84. The van der Waals surface area contributed by atoms with Gasteiger partial charge in [-0.3, -0.25) is 4.79 Å². The van der Waals surface area contributed by atoms with Crippen LogP contribution in [0.2, 0.25) is 0 Å². The third kappa shape index (κ3) is 2.40. The van der Waals surface area contributed by atoms with Crippen LogP contribution in [0.5, 0.6) is 0 Å². The van der Waals surface area contributed by atoms with Gasteiger partial charge >= 0.3 is 0 Å². The second-order valence-corrected chi connectivity index (χ2v) is 4.19. The third-order valence-electron chi connectivity index (χ3n) is 2.91. The van der Waals surface area contributed by atoms with Crippen molar-refractivity contribution in [1.29, 1.82) is 0 Å². The first kappa shape index (κ1) is 12.3. The van der Waals surface area contributed by atoms with Crippen LogP contribution in [0.1, 0.15) is 11.1 Å². The molecule has 92 valence electrons. The van der Waals surface area contributed by atoms with Crippen LogP contribution in [-0.2, 0) is 16.9 Å². The number of hydrogen-bond acceptors (Lipinski definition) is 1. The Morgan fingerprint density at radius 3 is 2.00 bits per heavy atom. The Morgan fingerprint density at radius 2 is 1.50 bits per heavy atom. The molecule has 0 aromatic heterocycles. The van der Waals surface area contributed by atoms with Crippen molar-refractivity contribution in [2.45, 2.75) is 12.1 Å². The van der Waals surface area contributed by atoms with Crippen LogP contribution in [0.15, 0.2) is 60.7 Å². The maximum Gasteiger partial charge on any atom is 0.260 e. The normalized spacial score (nSPS) is 13.8. The summed E-state index contributed by atoms with van der Waals surface area (Å²) < 4.78 is 14.9. The number of primary amides is 1. The molecule has 2 aromatic carbocycles. The molecule has 0 heterocycles. The third-order valence-corrected chi connectivity index (χ3v) is 2.91. The molecule has 2 aromatic rings. The lowest BCUT2D eigenvalue weighted by molar-refractivity contribution is -0.130. The first-order chi connectivity index (χ1) is 8.63. The van der Waals surface area contributed by atoms with Crippen LogP contribution >= 0.6 is 0 Å². The number of carbonyl (C=O) groups excluding carboxylic acids is 1. The van der Waals surface area contributed by atoms with Crippen LogP contribution in [-0.4, -0.2) is 5.91 Å².